The van der Waals surface area contributed by atoms with Crippen LogP contribution in [-0.2, 0) is 4.79 Å². The highest BCUT2D eigenvalue weighted by atomic mass is 35.5. The third kappa shape index (κ3) is 6.59. The average Bonchev–Trinajstić information content (AvgIpc) is 2.73. The van der Waals surface area contributed by atoms with Crippen LogP contribution in [0.5, 0.6) is 23.0 Å². The summed E-state index contributed by atoms with van der Waals surface area (Å²) in [5, 5.41) is 3.16. The summed E-state index contributed by atoms with van der Waals surface area (Å²) in [6.07, 6.45) is 4.08. The van der Waals surface area contributed by atoms with Gasteiger partial charge >= 0.3 is 0 Å². The van der Waals surface area contributed by atoms with E-state index in [-0.39, 0.29) is 5.91 Å². The standard InChI is InChI=1S/C23H28ClNO5/c1-15(2)10-11-30-19-8-6-16(12-22(19)29-5)7-9-23(26)25-18-14-20(27-3)17(24)13-21(18)28-4/h6-9,12-15H,10-11H2,1-5H3,(H,25,26). The normalized spacial score (nSPS) is 10.9. The number of ether oxygens (including phenoxy) is 4. The number of hydrogen-bond acceptors (Lipinski definition) is 5. The average molecular weight is 434 g/mol. The first-order valence-corrected chi connectivity index (χ1v) is 9.97. The molecule has 0 aliphatic rings. The van der Waals surface area contributed by atoms with Crippen LogP contribution >= 0.6 is 11.6 Å². The van der Waals surface area contributed by atoms with Crippen molar-refractivity contribution in [1.82, 2.24) is 0 Å². The van der Waals surface area contributed by atoms with Crippen LogP contribution in [0.2, 0.25) is 5.02 Å². The Morgan fingerprint density at radius 2 is 1.70 bits per heavy atom. The van der Waals surface area contributed by atoms with Gasteiger partial charge in [-0.1, -0.05) is 31.5 Å². The van der Waals surface area contributed by atoms with Gasteiger partial charge in [-0.2, -0.15) is 0 Å². The fourth-order valence-corrected chi connectivity index (χ4v) is 2.85. The number of amides is 1. The van der Waals surface area contributed by atoms with Crippen molar-refractivity contribution in [3.05, 3.63) is 47.0 Å². The number of nitrogens with one attached hydrogen (secondary N) is 1. The molecule has 7 heteroatoms. The molecule has 0 heterocycles. The van der Waals surface area contributed by atoms with Crippen molar-refractivity contribution in [2.75, 3.05) is 33.3 Å². The van der Waals surface area contributed by atoms with Crippen molar-refractivity contribution < 1.29 is 23.7 Å². The summed E-state index contributed by atoms with van der Waals surface area (Å²) in [5.74, 6) is 2.41. The lowest BCUT2D eigenvalue weighted by molar-refractivity contribution is -0.111. The van der Waals surface area contributed by atoms with E-state index in [4.69, 9.17) is 30.5 Å². The van der Waals surface area contributed by atoms with Gasteiger partial charge in [0.1, 0.15) is 11.5 Å². The molecule has 0 fully saturated rings. The quantitative estimate of drug-likeness (QED) is 0.505. The zero-order valence-corrected chi connectivity index (χ0v) is 18.7. The molecule has 0 aliphatic carbocycles. The molecule has 30 heavy (non-hydrogen) atoms. The molecule has 2 aromatic carbocycles. The molecule has 0 saturated heterocycles. The summed E-state index contributed by atoms with van der Waals surface area (Å²) in [5.41, 5.74) is 1.26. The van der Waals surface area contributed by atoms with E-state index in [1.54, 1.807) is 25.3 Å². The van der Waals surface area contributed by atoms with Crippen LogP contribution < -0.4 is 24.3 Å². The van der Waals surface area contributed by atoms with Gasteiger partial charge in [0, 0.05) is 18.2 Å². The van der Waals surface area contributed by atoms with Crippen molar-refractivity contribution in [1.29, 1.82) is 0 Å². The van der Waals surface area contributed by atoms with Gasteiger partial charge in [0.05, 0.1) is 38.6 Å². The molecule has 2 rings (SSSR count). The zero-order chi connectivity index (χ0) is 22.1. The maximum absolute atomic E-state index is 12.4. The lowest BCUT2D eigenvalue weighted by Crippen LogP contribution is -2.09. The SMILES string of the molecule is COc1cc(NC(=O)C=Cc2ccc(OCCC(C)C)c(OC)c2)c(OC)cc1Cl. The molecular weight excluding hydrogens is 406 g/mol. The predicted molar refractivity (Wildman–Crippen MR) is 120 cm³/mol. The monoisotopic (exact) mass is 433 g/mol. The zero-order valence-electron chi connectivity index (χ0n) is 18.0. The van der Waals surface area contributed by atoms with E-state index in [1.807, 2.05) is 18.2 Å². The first-order valence-electron chi connectivity index (χ1n) is 9.59. The lowest BCUT2D eigenvalue weighted by Gasteiger charge is -2.13. The maximum Gasteiger partial charge on any atom is 0.248 e. The van der Waals surface area contributed by atoms with Crippen LogP contribution in [0.15, 0.2) is 36.4 Å². The van der Waals surface area contributed by atoms with E-state index >= 15 is 0 Å². The van der Waals surface area contributed by atoms with Gasteiger partial charge < -0.3 is 24.3 Å². The van der Waals surface area contributed by atoms with E-state index < -0.39 is 0 Å². The second-order valence-corrected chi connectivity index (χ2v) is 7.36. The van der Waals surface area contributed by atoms with Crippen molar-refractivity contribution in [2.45, 2.75) is 20.3 Å². The molecule has 1 N–H and O–H groups in total. The van der Waals surface area contributed by atoms with Gasteiger partial charge in [0.2, 0.25) is 5.91 Å². The van der Waals surface area contributed by atoms with Crippen LogP contribution in [0.1, 0.15) is 25.8 Å². The summed E-state index contributed by atoms with van der Waals surface area (Å²) in [7, 11) is 4.59. The largest absolute Gasteiger partial charge is 0.495 e. The number of hydrogen-bond donors (Lipinski definition) is 1. The van der Waals surface area contributed by atoms with Crippen LogP contribution in [0.3, 0.4) is 0 Å². The van der Waals surface area contributed by atoms with Gasteiger partial charge in [-0.25, -0.2) is 0 Å². The number of methoxy groups -OCH3 is 3. The fraction of sp³-hybridized carbons (Fsp3) is 0.348. The Labute approximate surface area is 182 Å². The second-order valence-electron chi connectivity index (χ2n) is 6.95. The van der Waals surface area contributed by atoms with Crippen molar-refractivity contribution in [3.63, 3.8) is 0 Å². The highest BCUT2D eigenvalue weighted by molar-refractivity contribution is 6.32. The Bertz CT molecular complexity index is 895. The van der Waals surface area contributed by atoms with Gasteiger partial charge in [-0.15, -0.1) is 0 Å². The van der Waals surface area contributed by atoms with Crippen LogP contribution in [-0.4, -0.2) is 33.8 Å². The Morgan fingerprint density at radius 1 is 1.00 bits per heavy atom. The lowest BCUT2D eigenvalue weighted by atomic mass is 10.1. The van der Waals surface area contributed by atoms with E-state index in [0.29, 0.717) is 46.2 Å². The number of anilines is 1. The Kier molecular flexibility index (Phi) is 8.87. The van der Waals surface area contributed by atoms with Gasteiger partial charge in [-0.05, 0) is 36.1 Å². The first-order chi connectivity index (χ1) is 14.4. The second kappa shape index (κ2) is 11.4. The molecule has 0 bridgehead atoms. The Hall–Kier alpha value is -2.86. The van der Waals surface area contributed by atoms with E-state index in [2.05, 4.69) is 19.2 Å². The Morgan fingerprint density at radius 3 is 2.33 bits per heavy atom. The van der Waals surface area contributed by atoms with Crippen molar-refractivity contribution >= 4 is 29.3 Å². The molecule has 6 nitrogen and oxygen atoms in total. The smallest absolute Gasteiger partial charge is 0.248 e. The van der Waals surface area contributed by atoms with E-state index in [0.717, 1.165) is 12.0 Å². The summed E-state index contributed by atoms with van der Waals surface area (Å²) in [4.78, 5) is 12.4. The first kappa shape index (κ1) is 23.4. The minimum absolute atomic E-state index is 0.325. The highest BCUT2D eigenvalue weighted by Gasteiger charge is 2.12. The predicted octanol–water partition coefficient (Wildman–Crippen LogP) is 5.44. The molecule has 2 aromatic rings. The number of rotatable bonds is 10. The highest BCUT2D eigenvalue weighted by Crippen LogP contribution is 2.36. The topological polar surface area (TPSA) is 66.0 Å². The molecule has 0 aliphatic heterocycles. The van der Waals surface area contributed by atoms with E-state index in [9.17, 15) is 4.79 Å². The molecule has 162 valence electrons. The van der Waals surface area contributed by atoms with Crippen molar-refractivity contribution in [3.8, 4) is 23.0 Å². The third-order valence-corrected chi connectivity index (χ3v) is 4.59. The molecule has 0 spiro atoms. The van der Waals surface area contributed by atoms with Crippen LogP contribution in [0, 0.1) is 5.92 Å². The Balaban J connectivity index is 2.09. The van der Waals surface area contributed by atoms with Crippen molar-refractivity contribution in [2.24, 2.45) is 5.92 Å². The molecule has 0 radical (unpaired) electrons. The molecular formula is C23H28ClNO5. The number of carbonyl (C=O) groups is 1. The van der Waals surface area contributed by atoms with Crippen LogP contribution in [0.25, 0.3) is 6.08 Å². The fourth-order valence-electron chi connectivity index (χ4n) is 2.62. The third-order valence-electron chi connectivity index (χ3n) is 4.30. The summed E-state index contributed by atoms with van der Waals surface area (Å²) < 4.78 is 21.7. The maximum atomic E-state index is 12.4. The summed E-state index contributed by atoms with van der Waals surface area (Å²) in [6.45, 7) is 4.92. The van der Waals surface area contributed by atoms with Gasteiger partial charge in [0.25, 0.3) is 0 Å². The van der Waals surface area contributed by atoms with E-state index in [1.165, 1.54) is 20.3 Å². The minimum atomic E-state index is -0.325. The number of carbonyl (C=O) groups excluding carboxylic acids is 1. The van der Waals surface area contributed by atoms with Crippen LogP contribution in [0.4, 0.5) is 5.69 Å². The molecule has 0 unspecified atom stereocenters. The number of halogens is 1. The molecule has 0 saturated carbocycles. The van der Waals surface area contributed by atoms with Gasteiger partial charge in [-0.3, -0.25) is 4.79 Å². The number of benzene rings is 2. The summed E-state index contributed by atoms with van der Waals surface area (Å²) >= 11 is 6.09. The molecule has 1 amide bonds. The molecule has 0 aromatic heterocycles. The minimum Gasteiger partial charge on any atom is -0.495 e. The summed E-state index contributed by atoms with van der Waals surface area (Å²) in [6, 6.07) is 8.72. The molecule has 0 atom stereocenters. The van der Waals surface area contributed by atoms with Gasteiger partial charge in [0.15, 0.2) is 11.5 Å².